The van der Waals surface area contributed by atoms with Crippen LogP contribution in [-0.4, -0.2) is 46.0 Å². The number of amides is 2. The van der Waals surface area contributed by atoms with Gasteiger partial charge in [-0.15, -0.1) is 0 Å². The van der Waals surface area contributed by atoms with E-state index in [9.17, 15) is 27.2 Å². The second-order valence-electron chi connectivity index (χ2n) is 4.87. The van der Waals surface area contributed by atoms with E-state index >= 15 is 0 Å². The Labute approximate surface area is 131 Å². The van der Waals surface area contributed by atoms with Crippen molar-refractivity contribution in [3.05, 3.63) is 35.6 Å². The van der Waals surface area contributed by atoms with Crippen molar-refractivity contribution in [1.29, 1.82) is 0 Å². The molecule has 2 aliphatic rings. The molecular formula is C13H9F4N3O2S. The highest BCUT2D eigenvalue weighted by molar-refractivity contribution is 8.14. The summed E-state index contributed by atoms with van der Waals surface area (Å²) < 4.78 is 53.3. The van der Waals surface area contributed by atoms with E-state index in [0.29, 0.717) is 5.75 Å². The number of halogens is 4. The van der Waals surface area contributed by atoms with Gasteiger partial charge in [-0.05, 0) is 24.3 Å². The number of alkyl halides is 3. The Morgan fingerprint density at radius 2 is 1.96 bits per heavy atom. The molecule has 1 atom stereocenters. The van der Waals surface area contributed by atoms with Gasteiger partial charge in [-0.25, -0.2) is 9.38 Å². The Kier molecular flexibility index (Phi) is 3.58. The van der Waals surface area contributed by atoms with E-state index in [1.807, 2.05) is 0 Å². The molecule has 0 aliphatic carbocycles. The van der Waals surface area contributed by atoms with Crippen LogP contribution in [0.2, 0.25) is 0 Å². The third-order valence-corrected chi connectivity index (χ3v) is 4.36. The van der Waals surface area contributed by atoms with Gasteiger partial charge in [-0.2, -0.15) is 13.2 Å². The summed E-state index contributed by atoms with van der Waals surface area (Å²) in [5.74, 6) is -2.68. The number of rotatable bonds is 2. The van der Waals surface area contributed by atoms with Gasteiger partial charge in [-0.1, -0.05) is 11.8 Å². The van der Waals surface area contributed by atoms with Crippen molar-refractivity contribution in [2.45, 2.75) is 11.8 Å². The van der Waals surface area contributed by atoms with Crippen molar-refractivity contribution < 1.29 is 27.2 Å². The zero-order valence-electron chi connectivity index (χ0n) is 11.4. The fourth-order valence-electron chi connectivity index (χ4n) is 2.24. The maximum Gasteiger partial charge on any atom is 0.442 e. The number of thioether (sulfide) groups is 1. The lowest BCUT2D eigenvalue weighted by Crippen LogP contribution is -2.63. The summed E-state index contributed by atoms with van der Waals surface area (Å²) in [6, 6.07) is 3.92. The van der Waals surface area contributed by atoms with Gasteiger partial charge >= 0.3 is 11.8 Å². The van der Waals surface area contributed by atoms with E-state index in [2.05, 4.69) is 4.99 Å². The van der Waals surface area contributed by atoms with Crippen LogP contribution in [0.25, 0.3) is 0 Å². The SMILES string of the molecule is O=C(N[C@]1(C(F)(F)F)N=C2SCCN2C1=O)c1ccc(F)cc1. The molecule has 0 radical (unpaired) electrons. The van der Waals surface area contributed by atoms with Crippen molar-refractivity contribution >= 4 is 28.7 Å². The highest BCUT2D eigenvalue weighted by Crippen LogP contribution is 2.40. The number of nitrogens with zero attached hydrogens (tertiary/aromatic N) is 2. The molecule has 0 bridgehead atoms. The molecule has 10 heteroatoms. The maximum absolute atomic E-state index is 13.5. The molecule has 2 aliphatic heterocycles. The van der Waals surface area contributed by atoms with Crippen LogP contribution in [0, 0.1) is 5.82 Å². The van der Waals surface area contributed by atoms with Gasteiger partial charge in [0.25, 0.3) is 11.8 Å². The van der Waals surface area contributed by atoms with Gasteiger partial charge in [0, 0.05) is 17.9 Å². The molecule has 122 valence electrons. The van der Waals surface area contributed by atoms with Crippen molar-refractivity contribution in [3.63, 3.8) is 0 Å². The predicted octanol–water partition coefficient (Wildman–Crippen LogP) is 1.76. The monoisotopic (exact) mass is 347 g/mol. The summed E-state index contributed by atoms with van der Waals surface area (Å²) in [7, 11) is 0. The van der Waals surface area contributed by atoms with E-state index in [0.717, 1.165) is 40.9 Å². The predicted molar refractivity (Wildman–Crippen MR) is 74.3 cm³/mol. The fraction of sp³-hybridized carbons (Fsp3) is 0.308. The molecule has 0 unspecified atom stereocenters. The third kappa shape index (κ3) is 2.46. The molecule has 1 aromatic carbocycles. The van der Waals surface area contributed by atoms with Crippen LogP contribution < -0.4 is 5.32 Å². The highest BCUT2D eigenvalue weighted by Gasteiger charge is 2.67. The molecule has 3 rings (SSSR count). The first-order valence-electron chi connectivity index (χ1n) is 6.44. The molecule has 1 saturated heterocycles. The molecule has 1 N–H and O–H groups in total. The maximum atomic E-state index is 13.5. The van der Waals surface area contributed by atoms with Crippen molar-refractivity contribution in [1.82, 2.24) is 10.2 Å². The van der Waals surface area contributed by atoms with E-state index in [1.54, 1.807) is 5.32 Å². The Balaban J connectivity index is 1.96. The smallest absolute Gasteiger partial charge is 0.312 e. The molecule has 0 aromatic heterocycles. The Hall–Kier alpha value is -2.10. The van der Waals surface area contributed by atoms with E-state index in [1.165, 1.54) is 0 Å². The highest BCUT2D eigenvalue weighted by atomic mass is 32.2. The number of carbonyl (C=O) groups excluding carboxylic acids is 2. The molecule has 2 amide bonds. The van der Waals surface area contributed by atoms with Gasteiger partial charge in [0.15, 0.2) is 5.17 Å². The van der Waals surface area contributed by atoms with E-state index in [4.69, 9.17) is 0 Å². The third-order valence-electron chi connectivity index (χ3n) is 3.41. The first kappa shape index (κ1) is 15.8. The summed E-state index contributed by atoms with van der Waals surface area (Å²) in [5, 5.41) is 1.60. The van der Waals surface area contributed by atoms with Gasteiger partial charge < -0.3 is 5.32 Å². The van der Waals surface area contributed by atoms with Crippen LogP contribution in [0.1, 0.15) is 10.4 Å². The lowest BCUT2D eigenvalue weighted by Gasteiger charge is -2.28. The minimum absolute atomic E-state index is 0.0632. The zero-order chi connectivity index (χ0) is 16.8. The average molecular weight is 347 g/mol. The number of hydrogen-bond acceptors (Lipinski definition) is 4. The number of fused-ring (bicyclic) bond motifs is 1. The summed E-state index contributed by atoms with van der Waals surface area (Å²) in [5.41, 5.74) is -3.54. The average Bonchev–Trinajstić information content (AvgIpc) is 3.02. The van der Waals surface area contributed by atoms with Crippen molar-refractivity contribution in [2.75, 3.05) is 12.3 Å². The first-order chi connectivity index (χ1) is 10.7. The quantitative estimate of drug-likeness (QED) is 0.830. The summed E-state index contributed by atoms with van der Waals surface area (Å²) in [4.78, 5) is 28.6. The van der Waals surface area contributed by atoms with E-state index in [-0.39, 0.29) is 17.3 Å². The molecule has 1 aromatic rings. The summed E-state index contributed by atoms with van der Waals surface area (Å²) in [6.45, 7) is 0.104. The van der Waals surface area contributed by atoms with E-state index < -0.39 is 29.5 Å². The minimum Gasteiger partial charge on any atom is -0.312 e. The molecule has 0 saturated carbocycles. The second kappa shape index (κ2) is 5.22. The van der Waals surface area contributed by atoms with Crippen LogP contribution in [-0.2, 0) is 4.79 Å². The Morgan fingerprint density at radius 3 is 2.52 bits per heavy atom. The summed E-state index contributed by atoms with van der Waals surface area (Å²) in [6.07, 6.45) is -5.10. The molecule has 5 nitrogen and oxygen atoms in total. The van der Waals surface area contributed by atoms with Gasteiger partial charge in [-0.3, -0.25) is 14.5 Å². The van der Waals surface area contributed by atoms with Crippen molar-refractivity contribution in [2.24, 2.45) is 4.99 Å². The molecule has 23 heavy (non-hydrogen) atoms. The number of amidine groups is 1. The molecular weight excluding hydrogens is 338 g/mol. The van der Waals surface area contributed by atoms with Crippen molar-refractivity contribution in [3.8, 4) is 0 Å². The first-order valence-corrected chi connectivity index (χ1v) is 7.42. The van der Waals surface area contributed by atoms with Gasteiger partial charge in [0.1, 0.15) is 5.82 Å². The second-order valence-corrected chi connectivity index (χ2v) is 5.93. The van der Waals surface area contributed by atoms with Gasteiger partial charge in [0.2, 0.25) is 0 Å². The number of hydrogen-bond donors (Lipinski definition) is 1. The summed E-state index contributed by atoms with van der Waals surface area (Å²) >= 11 is 1.01. The molecule has 0 spiro atoms. The van der Waals surface area contributed by atoms with Crippen LogP contribution in [0.3, 0.4) is 0 Å². The Morgan fingerprint density at radius 1 is 1.30 bits per heavy atom. The Bertz CT molecular complexity index is 704. The molecule has 1 fully saturated rings. The minimum atomic E-state index is -5.10. The normalized spacial score (nSPS) is 23.7. The number of nitrogens with one attached hydrogen (secondary N) is 1. The fourth-order valence-corrected chi connectivity index (χ4v) is 3.23. The van der Waals surface area contributed by atoms with Crippen LogP contribution in [0.5, 0.6) is 0 Å². The number of benzene rings is 1. The molecule has 2 heterocycles. The lowest BCUT2D eigenvalue weighted by atomic mass is 10.1. The van der Waals surface area contributed by atoms with Gasteiger partial charge in [0.05, 0.1) is 0 Å². The zero-order valence-corrected chi connectivity index (χ0v) is 12.2. The standard InChI is InChI=1S/C13H9F4N3O2S/c14-8-3-1-7(2-4-8)9(21)18-12(13(15,16)17)10(22)20-5-6-23-11(20)19-12/h1-4H,5-6H2,(H,18,21)/t12-/m0/s1. The van der Waals surface area contributed by atoms with Crippen LogP contribution in [0.4, 0.5) is 17.6 Å². The van der Waals surface area contributed by atoms with Crippen LogP contribution in [0.15, 0.2) is 29.3 Å². The number of aliphatic imine (C=N–C) groups is 1. The van der Waals surface area contributed by atoms with Crippen LogP contribution >= 0.6 is 11.8 Å². The number of carbonyl (C=O) groups is 2. The largest absolute Gasteiger partial charge is 0.442 e. The lowest BCUT2D eigenvalue weighted by molar-refractivity contribution is -0.196. The topological polar surface area (TPSA) is 61.8 Å².